The summed E-state index contributed by atoms with van der Waals surface area (Å²) in [4.78, 5) is 14.3. The van der Waals surface area contributed by atoms with Crippen LogP contribution in [0, 0.1) is 5.92 Å². The van der Waals surface area contributed by atoms with Gasteiger partial charge in [0, 0.05) is 5.69 Å². The summed E-state index contributed by atoms with van der Waals surface area (Å²) >= 11 is 0. The molecule has 0 spiro atoms. The third kappa shape index (κ3) is 5.31. The Morgan fingerprint density at radius 3 is 2.55 bits per heavy atom. The fraction of sp³-hybridized carbons (Fsp3) is 0.588. The molecule has 5 heteroatoms. The van der Waals surface area contributed by atoms with E-state index in [1.54, 1.807) is 7.11 Å². The first kappa shape index (κ1) is 16.8. The first-order valence-corrected chi connectivity index (χ1v) is 8.08. The Morgan fingerprint density at radius 2 is 1.95 bits per heavy atom. The Morgan fingerprint density at radius 1 is 1.27 bits per heavy atom. The third-order valence-corrected chi connectivity index (χ3v) is 4.13. The molecular weight excluding hydrogens is 278 g/mol. The van der Waals surface area contributed by atoms with Crippen LogP contribution in [0.4, 0.5) is 5.69 Å². The lowest BCUT2D eigenvalue weighted by Gasteiger charge is -2.31. The second kappa shape index (κ2) is 8.76. The topological polar surface area (TPSA) is 53.6 Å². The molecule has 2 rings (SSSR count). The Balaban J connectivity index is 1.71. The van der Waals surface area contributed by atoms with Crippen molar-refractivity contribution in [2.45, 2.75) is 19.8 Å². The fourth-order valence-electron chi connectivity index (χ4n) is 2.78. The molecule has 1 saturated heterocycles. The van der Waals surface area contributed by atoms with E-state index in [1.807, 2.05) is 24.3 Å². The van der Waals surface area contributed by atoms with Gasteiger partial charge in [0.15, 0.2) is 0 Å². The summed E-state index contributed by atoms with van der Waals surface area (Å²) in [5, 5.41) is 6.35. The minimum absolute atomic E-state index is 0.0512. The lowest BCUT2D eigenvalue weighted by molar-refractivity contribution is -0.117. The van der Waals surface area contributed by atoms with E-state index in [1.165, 1.54) is 12.8 Å². The molecule has 1 aliphatic heterocycles. The molecule has 0 unspecified atom stereocenters. The van der Waals surface area contributed by atoms with Gasteiger partial charge in [0.1, 0.15) is 5.75 Å². The number of likely N-dealkylation sites (tertiary alicyclic amines) is 1. The predicted octanol–water partition coefficient (Wildman–Crippen LogP) is 1.96. The fourth-order valence-corrected chi connectivity index (χ4v) is 2.78. The normalized spacial score (nSPS) is 16.5. The van der Waals surface area contributed by atoms with E-state index in [0.29, 0.717) is 6.54 Å². The van der Waals surface area contributed by atoms with Crippen molar-refractivity contribution in [3.8, 4) is 5.75 Å². The van der Waals surface area contributed by atoms with Gasteiger partial charge in [0.2, 0.25) is 5.91 Å². The number of nitrogens with zero attached hydrogens (tertiary/aromatic N) is 1. The number of benzene rings is 1. The number of piperidine rings is 1. The zero-order valence-electron chi connectivity index (χ0n) is 13.6. The van der Waals surface area contributed by atoms with Crippen molar-refractivity contribution < 1.29 is 9.53 Å². The van der Waals surface area contributed by atoms with Crippen LogP contribution in [0.5, 0.6) is 5.75 Å². The SMILES string of the molecule is CCNCC1CCN(CC(=O)Nc2ccc(OC)cc2)CC1. The largest absolute Gasteiger partial charge is 0.497 e. The van der Waals surface area contributed by atoms with Crippen molar-refractivity contribution in [1.29, 1.82) is 0 Å². The van der Waals surface area contributed by atoms with Gasteiger partial charge in [0.25, 0.3) is 0 Å². The van der Waals surface area contributed by atoms with Gasteiger partial charge in [-0.05, 0) is 69.2 Å². The van der Waals surface area contributed by atoms with Crippen molar-refractivity contribution >= 4 is 11.6 Å². The van der Waals surface area contributed by atoms with Crippen LogP contribution in [-0.4, -0.2) is 50.6 Å². The molecule has 5 nitrogen and oxygen atoms in total. The van der Waals surface area contributed by atoms with Crippen molar-refractivity contribution in [1.82, 2.24) is 10.2 Å². The molecule has 1 aromatic rings. The summed E-state index contributed by atoms with van der Waals surface area (Å²) in [6.07, 6.45) is 2.34. The highest BCUT2D eigenvalue weighted by Gasteiger charge is 2.20. The molecule has 0 saturated carbocycles. The monoisotopic (exact) mass is 305 g/mol. The molecule has 0 aromatic heterocycles. The van der Waals surface area contributed by atoms with Crippen LogP contribution >= 0.6 is 0 Å². The summed E-state index contributed by atoms with van der Waals surface area (Å²) < 4.78 is 5.11. The zero-order chi connectivity index (χ0) is 15.8. The number of amides is 1. The van der Waals surface area contributed by atoms with Crippen molar-refractivity contribution in [2.75, 3.05) is 45.2 Å². The van der Waals surface area contributed by atoms with Crippen molar-refractivity contribution in [2.24, 2.45) is 5.92 Å². The Labute approximate surface area is 133 Å². The van der Waals surface area contributed by atoms with Gasteiger partial charge in [-0.1, -0.05) is 6.92 Å². The second-order valence-corrected chi connectivity index (χ2v) is 5.80. The van der Waals surface area contributed by atoms with E-state index in [0.717, 1.165) is 43.5 Å². The quantitative estimate of drug-likeness (QED) is 0.808. The molecule has 2 N–H and O–H groups in total. The van der Waals surface area contributed by atoms with Crippen molar-refractivity contribution in [3.05, 3.63) is 24.3 Å². The van der Waals surface area contributed by atoms with Crippen LogP contribution in [0.2, 0.25) is 0 Å². The van der Waals surface area contributed by atoms with E-state index in [9.17, 15) is 4.79 Å². The average Bonchev–Trinajstić information content (AvgIpc) is 2.55. The van der Waals surface area contributed by atoms with Crippen LogP contribution in [-0.2, 0) is 4.79 Å². The highest BCUT2D eigenvalue weighted by atomic mass is 16.5. The average molecular weight is 305 g/mol. The maximum absolute atomic E-state index is 12.1. The summed E-state index contributed by atoms with van der Waals surface area (Å²) in [6, 6.07) is 7.42. The summed E-state index contributed by atoms with van der Waals surface area (Å²) in [5.41, 5.74) is 0.813. The minimum Gasteiger partial charge on any atom is -0.497 e. The Hall–Kier alpha value is -1.59. The number of nitrogens with one attached hydrogen (secondary N) is 2. The van der Waals surface area contributed by atoms with E-state index >= 15 is 0 Å². The smallest absolute Gasteiger partial charge is 0.238 e. The lowest BCUT2D eigenvalue weighted by Crippen LogP contribution is -2.41. The van der Waals surface area contributed by atoms with Gasteiger partial charge in [-0.2, -0.15) is 0 Å². The molecule has 1 heterocycles. The molecule has 1 amide bonds. The first-order chi connectivity index (χ1) is 10.7. The zero-order valence-corrected chi connectivity index (χ0v) is 13.6. The Kier molecular flexibility index (Phi) is 6.68. The highest BCUT2D eigenvalue weighted by Crippen LogP contribution is 2.17. The van der Waals surface area contributed by atoms with E-state index in [2.05, 4.69) is 22.5 Å². The van der Waals surface area contributed by atoms with E-state index in [-0.39, 0.29) is 5.91 Å². The summed E-state index contributed by atoms with van der Waals surface area (Å²) in [7, 11) is 1.63. The van der Waals surface area contributed by atoms with Gasteiger partial charge in [0.05, 0.1) is 13.7 Å². The third-order valence-electron chi connectivity index (χ3n) is 4.13. The maximum atomic E-state index is 12.1. The molecule has 1 aliphatic rings. The molecule has 0 aliphatic carbocycles. The number of hydrogen-bond donors (Lipinski definition) is 2. The standard InChI is InChI=1S/C17H27N3O2/c1-3-18-12-14-8-10-20(11-9-14)13-17(21)19-15-4-6-16(22-2)7-5-15/h4-7,14,18H,3,8-13H2,1-2H3,(H,19,21). The van der Waals surface area contributed by atoms with Crippen LogP contribution in [0.15, 0.2) is 24.3 Å². The Bertz CT molecular complexity index is 453. The number of rotatable bonds is 7. The number of carbonyl (C=O) groups excluding carboxylic acids is 1. The van der Waals surface area contributed by atoms with Crippen LogP contribution in [0.25, 0.3) is 0 Å². The molecule has 0 atom stereocenters. The van der Waals surface area contributed by atoms with Gasteiger partial charge in [-0.25, -0.2) is 0 Å². The molecule has 1 fully saturated rings. The molecule has 0 bridgehead atoms. The predicted molar refractivity (Wildman–Crippen MR) is 89.3 cm³/mol. The van der Waals surface area contributed by atoms with Gasteiger partial charge >= 0.3 is 0 Å². The molecule has 0 radical (unpaired) electrons. The first-order valence-electron chi connectivity index (χ1n) is 8.08. The van der Waals surface area contributed by atoms with Crippen LogP contribution in [0.3, 0.4) is 0 Å². The molecule has 122 valence electrons. The highest BCUT2D eigenvalue weighted by molar-refractivity contribution is 5.92. The number of ether oxygens (including phenoxy) is 1. The van der Waals surface area contributed by atoms with E-state index < -0.39 is 0 Å². The van der Waals surface area contributed by atoms with Crippen LogP contribution in [0.1, 0.15) is 19.8 Å². The molecular formula is C17H27N3O2. The van der Waals surface area contributed by atoms with E-state index in [4.69, 9.17) is 4.74 Å². The lowest BCUT2D eigenvalue weighted by atomic mass is 9.97. The number of carbonyl (C=O) groups is 1. The summed E-state index contributed by atoms with van der Waals surface area (Å²) in [6.45, 7) is 6.75. The van der Waals surface area contributed by atoms with Gasteiger partial charge < -0.3 is 15.4 Å². The van der Waals surface area contributed by atoms with Gasteiger partial charge in [-0.3, -0.25) is 9.69 Å². The summed E-state index contributed by atoms with van der Waals surface area (Å²) in [5.74, 6) is 1.59. The minimum atomic E-state index is 0.0512. The van der Waals surface area contributed by atoms with Gasteiger partial charge in [-0.15, -0.1) is 0 Å². The molecule has 1 aromatic carbocycles. The molecule has 22 heavy (non-hydrogen) atoms. The maximum Gasteiger partial charge on any atom is 0.238 e. The number of anilines is 1. The number of hydrogen-bond acceptors (Lipinski definition) is 4. The van der Waals surface area contributed by atoms with Crippen molar-refractivity contribution in [3.63, 3.8) is 0 Å². The number of methoxy groups -OCH3 is 1. The second-order valence-electron chi connectivity index (χ2n) is 5.80. The van der Waals surface area contributed by atoms with Crippen LogP contribution < -0.4 is 15.4 Å².